The van der Waals surface area contributed by atoms with E-state index in [1.807, 2.05) is 0 Å². The van der Waals surface area contributed by atoms with Crippen LogP contribution in [0.25, 0.3) is 0 Å². The van der Waals surface area contributed by atoms with Gasteiger partial charge in [-0.05, 0) is 35.6 Å². The third-order valence-electron chi connectivity index (χ3n) is 2.56. The molecule has 0 heterocycles. The predicted octanol–water partition coefficient (Wildman–Crippen LogP) is 3.50. The molecule has 0 aliphatic carbocycles. The number of halogens is 2. The van der Waals surface area contributed by atoms with Crippen molar-refractivity contribution in [3.05, 3.63) is 34.1 Å². The molecule has 1 nitrogen and oxygen atoms in total. The summed E-state index contributed by atoms with van der Waals surface area (Å²) in [7, 11) is 0. The minimum absolute atomic E-state index is 0.0237. The minimum atomic E-state index is -0.214. The zero-order chi connectivity index (χ0) is 11.6. The quantitative estimate of drug-likeness (QED) is 0.877. The van der Waals surface area contributed by atoms with E-state index in [-0.39, 0.29) is 17.3 Å². The second-order valence-corrected chi connectivity index (χ2v) is 5.77. The Balaban J connectivity index is 2.85. The van der Waals surface area contributed by atoms with Gasteiger partial charge >= 0.3 is 0 Å². The topological polar surface area (TPSA) is 26.0 Å². The maximum atomic E-state index is 13.0. The molecule has 1 aromatic carbocycles. The lowest BCUT2D eigenvalue weighted by Crippen LogP contribution is -2.37. The van der Waals surface area contributed by atoms with Crippen molar-refractivity contribution in [3.63, 3.8) is 0 Å². The Kier molecular flexibility index (Phi) is 3.90. The van der Waals surface area contributed by atoms with Gasteiger partial charge in [-0.25, -0.2) is 4.39 Å². The lowest BCUT2D eigenvalue weighted by Gasteiger charge is -2.27. The van der Waals surface area contributed by atoms with Crippen LogP contribution in [-0.4, -0.2) is 6.04 Å². The van der Waals surface area contributed by atoms with Gasteiger partial charge < -0.3 is 5.73 Å². The summed E-state index contributed by atoms with van der Waals surface area (Å²) in [6.45, 7) is 6.26. The number of hydrogen-bond donors (Lipinski definition) is 1. The van der Waals surface area contributed by atoms with Gasteiger partial charge in [0.2, 0.25) is 0 Å². The summed E-state index contributed by atoms with van der Waals surface area (Å²) < 4.78 is 14.0. The summed E-state index contributed by atoms with van der Waals surface area (Å²) in [6, 6.07) is 4.72. The van der Waals surface area contributed by atoms with E-state index < -0.39 is 0 Å². The van der Waals surface area contributed by atoms with Gasteiger partial charge in [0.25, 0.3) is 0 Å². The fraction of sp³-hybridized carbons (Fsp3) is 0.500. The summed E-state index contributed by atoms with van der Waals surface area (Å²) in [5.41, 5.74) is 7.02. The Morgan fingerprint density at radius 2 is 2.00 bits per heavy atom. The van der Waals surface area contributed by atoms with Gasteiger partial charge in [0.1, 0.15) is 5.82 Å². The van der Waals surface area contributed by atoms with Crippen molar-refractivity contribution in [2.24, 2.45) is 11.1 Å². The highest BCUT2D eigenvalue weighted by Gasteiger charge is 2.21. The Hall–Kier alpha value is -0.410. The maximum absolute atomic E-state index is 13.0. The first-order valence-corrected chi connectivity index (χ1v) is 5.79. The van der Waals surface area contributed by atoms with Crippen LogP contribution in [0.4, 0.5) is 4.39 Å². The van der Waals surface area contributed by atoms with Gasteiger partial charge in [0.05, 0.1) is 0 Å². The molecule has 0 saturated carbocycles. The highest BCUT2D eigenvalue weighted by Crippen LogP contribution is 2.25. The lowest BCUT2D eigenvalue weighted by atomic mass is 9.84. The van der Waals surface area contributed by atoms with Gasteiger partial charge in [-0.3, -0.25) is 0 Å². The molecule has 84 valence electrons. The third-order valence-corrected chi connectivity index (χ3v) is 3.33. The summed E-state index contributed by atoms with van der Waals surface area (Å²) in [6.07, 6.45) is 0.682. The highest BCUT2D eigenvalue weighted by molar-refractivity contribution is 9.10. The summed E-state index contributed by atoms with van der Waals surface area (Å²) in [5.74, 6) is -0.214. The van der Waals surface area contributed by atoms with Crippen molar-refractivity contribution in [1.82, 2.24) is 0 Å². The van der Waals surface area contributed by atoms with Crippen LogP contribution in [0.15, 0.2) is 22.7 Å². The first-order valence-electron chi connectivity index (χ1n) is 5.00. The van der Waals surface area contributed by atoms with Crippen molar-refractivity contribution in [3.8, 4) is 0 Å². The van der Waals surface area contributed by atoms with Gasteiger partial charge in [-0.1, -0.05) is 36.7 Å². The molecule has 15 heavy (non-hydrogen) atoms. The Morgan fingerprint density at radius 1 is 1.40 bits per heavy atom. The van der Waals surface area contributed by atoms with E-state index in [4.69, 9.17) is 5.73 Å². The van der Waals surface area contributed by atoms with Crippen molar-refractivity contribution >= 4 is 15.9 Å². The van der Waals surface area contributed by atoms with Crippen LogP contribution in [0.3, 0.4) is 0 Å². The molecular formula is C12H17BrFN. The van der Waals surface area contributed by atoms with Crippen LogP contribution in [-0.2, 0) is 6.42 Å². The van der Waals surface area contributed by atoms with Crippen LogP contribution >= 0.6 is 15.9 Å². The molecule has 1 atom stereocenters. The molecule has 0 aromatic heterocycles. The smallest absolute Gasteiger partial charge is 0.123 e. The monoisotopic (exact) mass is 273 g/mol. The molecule has 0 amide bonds. The zero-order valence-corrected chi connectivity index (χ0v) is 10.9. The largest absolute Gasteiger partial charge is 0.327 e. The zero-order valence-electron chi connectivity index (χ0n) is 9.35. The normalized spacial score (nSPS) is 14.0. The van der Waals surface area contributed by atoms with Crippen LogP contribution in [0, 0.1) is 11.2 Å². The second-order valence-electron chi connectivity index (χ2n) is 4.91. The van der Waals surface area contributed by atoms with E-state index >= 15 is 0 Å². The minimum Gasteiger partial charge on any atom is -0.327 e. The van der Waals surface area contributed by atoms with Crippen molar-refractivity contribution in [1.29, 1.82) is 0 Å². The molecule has 1 aromatic rings. The highest BCUT2D eigenvalue weighted by atomic mass is 79.9. The average Bonchev–Trinajstić information content (AvgIpc) is 2.09. The summed E-state index contributed by atoms with van der Waals surface area (Å²) in [5, 5.41) is 0. The van der Waals surface area contributed by atoms with Gasteiger partial charge in [0, 0.05) is 10.5 Å². The van der Waals surface area contributed by atoms with Crippen molar-refractivity contribution < 1.29 is 4.39 Å². The van der Waals surface area contributed by atoms with Gasteiger partial charge in [-0.15, -0.1) is 0 Å². The molecule has 1 rings (SSSR count). The van der Waals surface area contributed by atoms with E-state index in [1.54, 1.807) is 6.07 Å². The number of nitrogens with two attached hydrogens (primary N) is 1. The molecule has 0 fully saturated rings. The average molecular weight is 274 g/mol. The summed E-state index contributed by atoms with van der Waals surface area (Å²) >= 11 is 3.40. The Bertz CT molecular complexity index is 344. The number of benzene rings is 1. The third kappa shape index (κ3) is 3.58. The SMILES string of the molecule is CC(C)(C)C(N)Cc1cc(F)ccc1Br. The van der Waals surface area contributed by atoms with Crippen LogP contribution < -0.4 is 5.73 Å². The molecular weight excluding hydrogens is 257 g/mol. The van der Waals surface area contributed by atoms with Crippen molar-refractivity contribution in [2.75, 3.05) is 0 Å². The lowest BCUT2D eigenvalue weighted by molar-refractivity contribution is 0.318. The van der Waals surface area contributed by atoms with E-state index in [9.17, 15) is 4.39 Å². The van der Waals surface area contributed by atoms with E-state index in [1.165, 1.54) is 12.1 Å². The summed E-state index contributed by atoms with van der Waals surface area (Å²) in [4.78, 5) is 0. The number of rotatable bonds is 2. The molecule has 2 N–H and O–H groups in total. The molecule has 0 aliphatic rings. The number of hydrogen-bond acceptors (Lipinski definition) is 1. The first kappa shape index (κ1) is 12.7. The van der Waals surface area contributed by atoms with Crippen LogP contribution in [0.5, 0.6) is 0 Å². The van der Waals surface area contributed by atoms with Crippen LogP contribution in [0.1, 0.15) is 26.3 Å². The molecule has 1 unspecified atom stereocenters. The fourth-order valence-electron chi connectivity index (χ4n) is 1.24. The Labute approximate surface area is 99.0 Å². The molecule has 0 aliphatic heterocycles. The predicted molar refractivity (Wildman–Crippen MR) is 65.2 cm³/mol. The van der Waals surface area contributed by atoms with E-state index in [2.05, 4.69) is 36.7 Å². The molecule has 0 saturated heterocycles. The second kappa shape index (κ2) is 4.62. The molecule has 0 radical (unpaired) electrons. The van der Waals surface area contributed by atoms with Crippen LogP contribution in [0.2, 0.25) is 0 Å². The standard InChI is InChI=1S/C12H17BrFN/c1-12(2,3)11(15)7-8-6-9(14)4-5-10(8)13/h4-6,11H,7,15H2,1-3H3. The molecule has 0 bridgehead atoms. The van der Waals surface area contributed by atoms with Gasteiger partial charge in [-0.2, -0.15) is 0 Å². The van der Waals surface area contributed by atoms with Crippen molar-refractivity contribution in [2.45, 2.75) is 33.2 Å². The first-order chi connectivity index (χ1) is 6.80. The molecule has 0 spiro atoms. The Morgan fingerprint density at radius 3 is 2.53 bits per heavy atom. The fourth-order valence-corrected chi connectivity index (χ4v) is 1.65. The molecule has 3 heteroatoms. The van der Waals surface area contributed by atoms with Gasteiger partial charge in [0.15, 0.2) is 0 Å². The van der Waals surface area contributed by atoms with E-state index in [0.29, 0.717) is 6.42 Å². The van der Waals surface area contributed by atoms with E-state index in [0.717, 1.165) is 10.0 Å². The maximum Gasteiger partial charge on any atom is 0.123 e.